The molecule has 0 aliphatic heterocycles. The van der Waals surface area contributed by atoms with Gasteiger partial charge in [-0.3, -0.25) is 4.98 Å². The summed E-state index contributed by atoms with van der Waals surface area (Å²) in [5, 5.41) is 21.4. The standard InChI is InChI=1S/C21H29N3O.2C2HF3O2/c1-15-4-5-17(13-23-15)16-6-11-21(25-3)18(12-16)14-24-20-9-7-19(22-2)8-10-20;2*3-2(4,5)1(6)7/h4-6,11-13,19-20,22,24H,7-10,14H2,1-3H3;2*(H,6,7). The van der Waals surface area contributed by atoms with Crippen molar-refractivity contribution in [1.82, 2.24) is 15.6 Å². The van der Waals surface area contributed by atoms with Crippen molar-refractivity contribution in [2.24, 2.45) is 0 Å². The number of pyridine rings is 1. The van der Waals surface area contributed by atoms with Crippen molar-refractivity contribution in [2.45, 2.75) is 63.6 Å². The number of hydrogen-bond acceptors (Lipinski definition) is 6. The first-order valence-electron chi connectivity index (χ1n) is 11.7. The molecule has 4 N–H and O–H groups in total. The molecule has 0 atom stereocenters. The van der Waals surface area contributed by atoms with E-state index < -0.39 is 24.3 Å². The molecule has 0 spiro atoms. The number of nitrogens with zero attached hydrogens (tertiary/aromatic N) is 1. The molecule has 1 fully saturated rings. The number of alkyl halides is 6. The van der Waals surface area contributed by atoms with Crippen LogP contribution in [0.1, 0.15) is 36.9 Å². The first kappa shape index (κ1) is 33.6. The van der Waals surface area contributed by atoms with Crippen molar-refractivity contribution in [1.29, 1.82) is 0 Å². The summed E-state index contributed by atoms with van der Waals surface area (Å²) in [6.45, 7) is 2.85. The lowest BCUT2D eigenvalue weighted by atomic mass is 9.91. The highest BCUT2D eigenvalue weighted by molar-refractivity contribution is 5.73. The molecule has 39 heavy (non-hydrogen) atoms. The van der Waals surface area contributed by atoms with Gasteiger partial charge in [-0.25, -0.2) is 9.59 Å². The minimum atomic E-state index is -5.08. The maximum absolute atomic E-state index is 10.6. The summed E-state index contributed by atoms with van der Waals surface area (Å²) in [6, 6.07) is 11.8. The van der Waals surface area contributed by atoms with Crippen molar-refractivity contribution in [3.8, 4) is 16.9 Å². The number of carboxylic acid groups (broad SMARTS) is 2. The Morgan fingerprint density at radius 2 is 1.41 bits per heavy atom. The fourth-order valence-electron chi connectivity index (χ4n) is 3.58. The third kappa shape index (κ3) is 12.3. The van der Waals surface area contributed by atoms with Crippen LogP contribution in [-0.4, -0.2) is 65.7 Å². The first-order valence-corrected chi connectivity index (χ1v) is 11.7. The van der Waals surface area contributed by atoms with Crippen molar-refractivity contribution in [3.05, 3.63) is 47.8 Å². The first-order chi connectivity index (χ1) is 18.1. The number of rotatable bonds is 6. The van der Waals surface area contributed by atoms with Gasteiger partial charge in [0, 0.05) is 41.6 Å². The molecular formula is C25H31F6N3O5. The van der Waals surface area contributed by atoms with Crippen molar-refractivity contribution >= 4 is 11.9 Å². The maximum atomic E-state index is 10.6. The second-order valence-corrected chi connectivity index (χ2v) is 8.54. The van der Waals surface area contributed by atoms with Crippen LogP contribution in [0.4, 0.5) is 26.3 Å². The van der Waals surface area contributed by atoms with Crippen LogP contribution in [0.5, 0.6) is 5.75 Å². The third-order valence-corrected chi connectivity index (χ3v) is 5.73. The van der Waals surface area contributed by atoms with Crippen LogP contribution >= 0.6 is 0 Å². The molecule has 1 aromatic heterocycles. The third-order valence-electron chi connectivity index (χ3n) is 5.73. The number of nitrogens with one attached hydrogen (secondary N) is 2. The second-order valence-electron chi connectivity index (χ2n) is 8.54. The van der Waals surface area contributed by atoms with Gasteiger partial charge >= 0.3 is 24.3 Å². The minimum Gasteiger partial charge on any atom is -0.496 e. The molecule has 0 saturated heterocycles. The van der Waals surface area contributed by atoms with Crippen molar-refractivity contribution in [2.75, 3.05) is 14.2 Å². The Labute approximate surface area is 221 Å². The molecule has 3 rings (SSSR count). The molecule has 14 heteroatoms. The highest BCUT2D eigenvalue weighted by Crippen LogP contribution is 2.27. The van der Waals surface area contributed by atoms with Crippen molar-refractivity contribution in [3.63, 3.8) is 0 Å². The zero-order valence-electron chi connectivity index (χ0n) is 21.5. The van der Waals surface area contributed by atoms with Crippen molar-refractivity contribution < 1.29 is 50.9 Å². The summed E-state index contributed by atoms with van der Waals surface area (Å²) in [7, 11) is 3.80. The summed E-state index contributed by atoms with van der Waals surface area (Å²) in [4.78, 5) is 22.2. The number of halogens is 6. The SMILES string of the molecule is CNC1CCC(NCc2cc(-c3ccc(C)nc3)ccc2OC)CC1.O=C(O)C(F)(F)F.O=C(O)C(F)(F)F. The van der Waals surface area contributed by atoms with Gasteiger partial charge in [-0.15, -0.1) is 0 Å². The van der Waals surface area contributed by atoms with Gasteiger partial charge in [-0.1, -0.05) is 12.1 Å². The van der Waals surface area contributed by atoms with Crippen LogP contribution in [0.3, 0.4) is 0 Å². The average molecular weight is 568 g/mol. The molecular weight excluding hydrogens is 536 g/mol. The summed E-state index contributed by atoms with van der Waals surface area (Å²) in [5.41, 5.74) is 4.57. The van der Waals surface area contributed by atoms with E-state index in [1.165, 1.54) is 36.8 Å². The molecule has 8 nitrogen and oxygen atoms in total. The Hall–Kier alpha value is -3.39. The van der Waals surface area contributed by atoms with E-state index in [2.05, 4.69) is 53.0 Å². The lowest BCUT2D eigenvalue weighted by Gasteiger charge is -2.29. The average Bonchev–Trinajstić information content (AvgIpc) is 2.87. The van der Waals surface area contributed by atoms with Crippen LogP contribution in [-0.2, 0) is 16.1 Å². The number of carbonyl (C=O) groups is 2. The molecule has 0 radical (unpaired) electrons. The summed E-state index contributed by atoms with van der Waals surface area (Å²) < 4.78 is 69.0. The Balaban J connectivity index is 0.000000449. The molecule has 1 aliphatic carbocycles. The topological polar surface area (TPSA) is 121 Å². The Bertz CT molecular complexity index is 1030. The highest BCUT2D eigenvalue weighted by atomic mass is 19.4. The fourth-order valence-corrected chi connectivity index (χ4v) is 3.58. The lowest BCUT2D eigenvalue weighted by Crippen LogP contribution is -2.38. The van der Waals surface area contributed by atoms with Gasteiger partial charge in [0.25, 0.3) is 0 Å². The van der Waals surface area contributed by atoms with E-state index in [0.717, 1.165) is 23.6 Å². The van der Waals surface area contributed by atoms with Gasteiger partial charge in [-0.05, 0) is 63.4 Å². The predicted molar refractivity (Wildman–Crippen MR) is 130 cm³/mol. The Morgan fingerprint density at radius 1 is 0.923 bits per heavy atom. The van der Waals surface area contributed by atoms with Gasteiger partial charge in [0.15, 0.2) is 0 Å². The van der Waals surface area contributed by atoms with Crippen LogP contribution in [0.15, 0.2) is 36.5 Å². The van der Waals surface area contributed by atoms with E-state index in [1.54, 1.807) is 7.11 Å². The Kier molecular flexibility index (Phi) is 13.2. The maximum Gasteiger partial charge on any atom is 0.490 e. The zero-order valence-corrected chi connectivity index (χ0v) is 21.5. The normalized spacial score (nSPS) is 17.2. The van der Waals surface area contributed by atoms with Gasteiger partial charge in [0.1, 0.15) is 5.75 Å². The number of ether oxygens (including phenoxy) is 1. The van der Waals surface area contributed by atoms with E-state index >= 15 is 0 Å². The van der Waals surface area contributed by atoms with Crippen LogP contribution in [0, 0.1) is 6.92 Å². The quantitative estimate of drug-likeness (QED) is 0.362. The zero-order chi connectivity index (χ0) is 29.8. The predicted octanol–water partition coefficient (Wildman–Crippen LogP) is 4.95. The van der Waals surface area contributed by atoms with Crippen LogP contribution in [0.25, 0.3) is 11.1 Å². The summed E-state index contributed by atoms with van der Waals surface area (Å²) >= 11 is 0. The molecule has 2 aromatic rings. The summed E-state index contributed by atoms with van der Waals surface area (Å²) in [5.74, 6) is -4.57. The van der Waals surface area contributed by atoms with Gasteiger partial charge < -0.3 is 25.6 Å². The van der Waals surface area contributed by atoms with E-state index in [9.17, 15) is 26.3 Å². The molecule has 0 amide bonds. The van der Waals surface area contributed by atoms with E-state index in [-0.39, 0.29) is 0 Å². The smallest absolute Gasteiger partial charge is 0.490 e. The molecule has 1 aromatic carbocycles. The van der Waals surface area contributed by atoms with Gasteiger partial charge in [-0.2, -0.15) is 26.3 Å². The van der Waals surface area contributed by atoms with Gasteiger partial charge in [0.05, 0.1) is 7.11 Å². The number of hydrogen-bond donors (Lipinski definition) is 4. The fraction of sp³-hybridized carbons (Fsp3) is 0.480. The number of aliphatic carboxylic acids is 2. The van der Waals surface area contributed by atoms with Crippen LogP contribution < -0.4 is 15.4 Å². The number of carboxylic acids is 2. The molecule has 1 saturated carbocycles. The number of aryl methyl sites for hydroxylation is 1. The Morgan fingerprint density at radius 3 is 1.82 bits per heavy atom. The van der Waals surface area contributed by atoms with Crippen LogP contribution in [0.2, 0.25) is 0 Å². The van der Waals surface area contributed by atoms with E-state index in [0.29, 0.717) is 12.1 Å². The molecule has 0 unspecified atom stereocenters. The highest BCUT2D eigenvalue weighted by Gasteiger charge is 2.38. The summed E-state index contributed by atoms with van der Waals surface area (Å²) in [6.07, 6.45) is -3.26. The molecule has 1 aliphatic rings. The minimum absolute atomic E-state index is 0.596. The largest absolute Gasteiger partial charge is 0.496 e. The number of methoxy groups -OCH3 is 1. The molecule has 1 heterocycles. The number of aromatic nitrogens is 1. The number of benzene rings is 1. The van der Waals surface area contributed by atoms with E-state index in [4.69, 9.17) is 24.5 Å². The van der Waals surface area contributed by atoms with E-state index in [1.807, 2.05) is 13.1 Å². The molecule has 218 valence electrons. The monoisotopic (exact) mass is 567 g/mol. The van der Waals surface area contributed by atoms with Gasteiger partial charge in [0.2, 0.25) is 0 Å². The second kappa shape index (κ2) is 15.3. The lowest BCUT2D eigenvalue weighted by molar-refractivity contribution is -0.193. The molecule has 0 bridgehead atoms.